The van der Waals surface area contributed by atoms with Crippen LogP contribution in [0.3, 0.4) is 0 Å². The molecule has 3 rings (SSSR count). The van der Waals surface area contributed by atoms with Gasteiger partial charge in [-0.05, 0) is 31.2 Å². The monoisotopic (exact) mass is 383 g/mol. The van der Waals surface area contributed by atoms with E-state index >= 15 is 0 Å². The zero-order valence-corrected chi connectivity index (χ0v) is 14.9. The molecule has 0 spiro atoms. The van der Waals surface area contributed by atoms with Crippen molar-refractivity contribution in [3.05, 3.63) is 70.3 Å². The summed E-state index contributed by atoms with van der Waals surface area (Å²) in [5, 5.41) is 20.4. The molecular weight excluding hydrogens is 366 g/mol. The average molecular weight is 383 g/mol. The van der Waals surface area contributed by atoms with Crippen LogP contribution in [0.2, 0.25) is 0 Å². The topological polar surface area (TPSA) is 132 Å². The number of amides is 2. The predicted octanol–water partition coefficient (Wildman–Crippen LogP) is 2.44. The molecule has 3 aromatic rings. The molecule has 2 amide bonds. The highest BCUT2D eigenvalue weighted by molar-refractivity contribution is 5.93. The first kappa shape index (κ1) is 18.8. The second kappa shape index (κ2) is 8.16. The number of non-ortho nitro benzene ring substituents is 1. The second-order valence-electron chi connectivity index (χ2n) is 5.89. The Balaban J connectivity index is 1.62. The molecule has 28 heavy (non-hydrogen) atoms. The Hall–Kier alpha value is -3.95. The minimum atomic E-state index is -0.488. The number of rotatable bonds is 7. The number of nitrogens with one attached hydrogen (secondary N) is 2. The minimum absolute atomic E-state index is 0.0366. The standard InChI is InChI=1S/C18H17N5O5/c1-12-11-16(22(21-12)13-4-6-14(7-5-13)23(26)27)20-17(24)8-9-19-18(25)15-3-2-10-28-15/h2-7,10-11H,8-9H2,1H3,(H,19,25)(H,20,24). The zero-order valence-electron chi connectivity index (χ0n) is 14.9. The predicted molar refractivity (Wildman–Crippen MR) is 99.2 cm³/mol. The Labute approximate surface area is 159 Å². The van der Waals surface area contributed by atoms with Crippen LogP contribution in [0.15, 0.2) is 53.1 Å². The summed E-state index contributed by atoms with van der Waals surface area (Å²) in [4.78, 5) is 34.3. The van der Waals surface area contributed by atoms with Gasteiger partial charge in [0.25, 0.3) is 11.6 Å². The maximum absolute atomic E-state index is 12.2. The van der Waals surface area contributed by atoms with Gasteiger partial charge in [0.05, 0.1) is 22.6 Å². The average Bonchev–Trinajstić information content (AvgIpc) is 3.31. The fraction of sp³-hybridized carbons (Fsp3) is 0.167. The van der Waals surface area contributed by atoms with Crippen LogP contribution in [-0.2, 0) is 4.79 Å². The Bertz CT molecular complexity index is 992. The van der Waals surface area contributed by atoms with Crippen LogP contribution >= 0.6 is 0 Å². The van der Waals surface area contributed by atoms with Crippen molar-refractivity contribution in [2.75, 3.05) is 11.9 Å². The third-order valence-corrected chi connectivity index (χ3v) is 3.79. The van der Waals surface area contributed by atoms with Crippen molar-refractivity contribution in [3.8, 4) is 5.69 Å². The highest BCUT2D eigenvalue weighted by Gasteiger charge is 2.13. The largest absolute Gasteiger partial charge is 0.459 e. The zero-order chi connectivity index (χ0) is 20.1. The Kier molecular flexibility index (Phi) is 5.49. The number of nitro benzene ring substituents is 1. The number of nitro groups is 1. The van der Waals surface area contributed by atoms with E-state index < -0.39 is 10.8 Å². The smallest absolute Gasteiger partial charge is 0.286 e. The first-order valence-electron chi connectivity index (χ1n) is 8.37. The molecule has 0 atom stereocenters. The lowest BCUT2D eigenvalue weighted by Gasteiger charge is -2.09. The maximum Gasteiger partial charge on any atom is 0.286 e. The number of aromatic nitrogens is 2. The van der Waals surface area contributed by atoms with E-state index in [9.17, 15) is 19.7 Å². The van der Waals surface area contributed by atoms with Crippen LogP contribution in [0.25, 0.3) is 5.69 Å². The molecule has 0 saturated heterocycles. The summed E-state index contributed by atoms with van der Waals surface area (Å²) in [6.07, 6.45) is 1.44. The minimum Gasteiger partial charge on any atom is -0.459 e. The number of carbonyl (C=O) groups is 2. The molecule has 0 unspecified atom stereocenters. The fourth-order valence-corrected chi connectivity index (χ4v) is 2.49. The summed E-state index contributed by atoms with van der Waals surface area (Å²) in [5.41, 5.74) is 1.20. The van der Waals surface area contributed by atoms with Crippen molar-refractivity contribution in [2.45, 2.75) is 13.3 Å². The van der Waals surface area contributed by atoms with Gasteiger partial charge in [0.15, 0.2) is 5.76 Å². The van der Waals surface area contributed by atoms with Crippen molar-refractivity contribution >= 4 is 23.3 Å². The molecule has 0 aliphatic rings. The molecule has 0 aliphatic heterocycles. The molecule has 0 saturated carbocycles. The SMILES string of the molecule is Cc1cc(NC(=O)CCNC(=O)c2ccco2)n(-c2ccc([N+](=O)[O-])cc2)n1. The first-order chi connectivity index (χ1) is 13.4. The number of hydrogen-bond acceptors (Lipinski definition) is 6. The summed E-state index contributed by atoms with van der Waals surface area (Å²) in [6, 6.07) is 10.6. The highest BCUT2D eigenvalue weighted by atomic mass is 16.6. The molecule has 0 bridgehead atoms. The molecule has 0 radical (unpaired) electrons. The van der Waals surface area contributed by atoms with Crippen LogP contribution in [-0.4, -0.2) is 33.1 Å². The van der Waals surface area contributed by atoms with Gasteiger partial charge in [-0.3, -0.25) is 19.7 Å². The lowest BCUT2D eigenvalue weighted by molar-refractivity contribution is -0.384. The molecule has 10 heteroatoms. The van der Waals surface area contributed by atoms with Gasteiger partial charge in [-0.25, -0.2) is 4.68 Å². The number of aryl methyl sites for hydroxylation is 1. The first-order valence-corrected chi connectivity index (χ1v) is 8.37. The maximum atomic E-state index is 12.2. The number of furan rings is 1. The van der Waals surface area contributed by atoms with E-state index in [-0.39, 0.29) is 30.3 Å². The Morgan fingerprint density at radius 1 is 1.25 bits per heavy atom. The van der Waals surface area contributed by atoms with Gasteiger partial charge < -0.3 is 15.1 Å². The van der Waals surface area contributed by atoms with E-state index in [2.05, 4.69) is 15.7 Å². The molecule has 144 valence electrons. The van der Waals surface area contributed by atoms with Gasteiger partial charge >= 0.3 is 0 Å². The van der Waals surface area contributed by atoms with E-state index in [1.54, 1.807) is 31.2 Å². The van der Waals surface area contributed by atoms with Crippen LogP contribution in [0.1, 0.15) is 22.7 Å². The molecule has 1 aromatic carbocycles. The number of nitrogens with zero attached hydrogens (tertiary/aromatic N) is 3. The van der Waals surface area contributed by atoms with Crippen LogP contribution in [0.4, 0.5) is 11.5 Å². The van der Waals surface area contributed by atoms with Crippen LogP contribution in [0, 0.1) is 17.0 Å². The summed E-state index contributed by atoms with van der Waals surface area (Å²) in [7, 11) is 0. The van der Waals surface area contributed by atoms with Gasteiger partial charge in [0.2, 0.25) is 5.91 Å². The lowest BCUT2D eigenvalue weighted by Crippen LogP contribution is -2.27. The molecule has 2 heterocycles. The normalized spacial score (nSPS) is 10.5. The number of hydrogen-bond donors (Lipinski definition) is 2. The van der Waals surface area contributed by atoms with E-state index in [0.717, 1.165) is 0 Å². The lowest BCUT2D eigenvalue weighted by atomic mass is 10.3. The number of carbonyl (C=O) groups excluding carboxylic acids is 2. The van der Waals surface area contributed by atoms with Crippen molar-refractivity contribution in [3.63, 3.8) is 0 Å². The molecular formula is C18H17N5O5. The van der Waals surface area contributed by atoms with Crippen LogP contribution in [0.5, 0.6) is 0 Å². The Morgan fingerprint density at radius 3 is 2.64 bits per heavy atom. The molecule has 2 aromatic heterocycles. The van der Waals surface area contributed by atoms with Gasteiger partial charge in [-0.2, -0.15) is 5.10 Å². The van der Waals surface area contributed by atoms with E-state index in [4.69, 9.17) is 4.42 Å². The second-order valence-corrected chi connectivity index (χ2v) is 5.89. The highest BCUT2D eigenvalue weighted by Crippen LogP contribution is 2.20. The van der Waals surface area contributed by atoms with E-state index in [0.29, 0.717) is 17.2 Å². The summed E-state index contributed by atoms with van der Waals surface area (Å²) >= 11 is 0. The van der Waals surface area contributed by atoms with Crippen LogP contribution < -0.4 is 10.6 Å². The van der Waals surface area contributed by atoms with Crippen molar-refractivity contribution in [2.24, 2.45) is 0 Å². The molecule has 0 aliphatic carbocycles. The van der Waals surface area contributed by atoms with Gasteiger partial charge in [0, 0.05) is 31.2 Å². The quantitative estimate of drug-likeness (QED) is 0.476. The van der Waals surface area contributed by atoms with E-state index in [1.807, 2.05) is 0 Å². The number of anilines is 1. The number of benzene rings is 1. The van der Waals surface area contributed by atoms with Gasteiger partial charge in [-0.15, -0.1) is 0 Å². The van der Waals surface area contributed by atoms with Gasteiger partial charge in [0.1, 0.15) is 5.82 Å². The summed E-state index contributed by atoms with van der Waals surface area (Å²) in [5.74, 6) is -0.117. The third kappa shape index (κ3) is 4.41. The molecule has 2 N–H and O–H groups in total. The van der Waals surface area contributed by atoms with Crippen molar-refractivity contribution in [1.82, 2.24) is 15.1 Å². The van der Waals surface area contributed by atoms with E-state index in [1.165, 1.54) is 29.1 Å². The fourth-order valence-electron chi connectivity index (χ4n) is 2.49. The van der Waals surface area contributed by atoms with Gasteiger partial charge in [-0.1, -0.05) is 0 Å². The summed E-state index contributed by atoms with van der Waals surface area (Å²) < 4.78 is 6.46. The molecule has 10 nitrogen and oxygen atoms in total. The Morgan fingerprint density at radius 2 is 2.00 bits per heavy atom. The molecule has 0 fully saturated rings. The third-order valence-electron chi connectivity index (χ3n) is 3.79. The summed E-state index contributed by atoms with van der Waals surface area (Å²) in [6.45, 7) is 1.90. The van der Waals surface area contributed by atoms with Crippen molar-refractivity contribution < 1.29 is 18.9 Å². The van der Waals surface area contributed by atoms with Crippen molar-refractivity contribution in [1.29, 1.82) is 0 Å².